The minimum atomic E-state index is 0.120. The van der Waals surface area contributed by atoms with Gasteiger partial charge in [0.15, 0.2) is 0 Å². The van der Waals surface area contributed by atoms with Gasteiger partial charge in [0.05, 0.1) is 0 Å². The van der Waals surface area contributed by atoms with Crippen molar-refractivity contribution < 1.29 is 4.79 Å². The Bertz CT molecular complexity index is 182. The van der Waals surface area contributed by atoms with Crippen molar-refractivity contribution in [2.24, 2.45) is 11.7 Å². The maximum absolute atomic E-state index is 11.3. The lowest BCUT2D eigenvalue weighted by Crippen LogP contribution is -2.38. The van der Waals surface area contributed by atoms with Gasteiger partial charge in [0.2, 0.25) is 5.91 Å². The molecule has 1 rings (SSSR count). The van der Waals surface area contributed by atoms with Gasteiger partial charge in [0, 0.05) is 19.0 Å². The van der Waals surface area contributed by atoms with Gasteiger partial charge in [-0.1, -0.05) is 26.2 Å². The lowest BCUT2D eigenvalue weighted by molar-refractivity contribution is -0.121. The summed E-state index contributed by atoms with van der Waals surface area (Å²) in [5.74, 6) is 0.932. The van der Waals surface area contributed by atoms with Crippen LogP contribution >= 0.6 is 0 Å². The number of carbonyl (C=O) groups excluding carboxylic acids is 1. The Morgan fingerprint density at radius 2 is 2.29 bits per heavy atom. The predicted octanol–water partition coefficient (Wildman–Crippen LogP) is 1.42. The van der Waals surface area contributed by atoms with Crippen LogP contribution in [0.2, 0.25) is 0 Å². The van der Waals surface area contributed by atoms with Crippen molar-refractivity contribution in [3.63, 3.8) is 0 Å². The highest BCUT2D eigenvalue weighted by atomic mass is 16.1. The maximum Gasteiger partial charge on any atom is 0.221 e. The van der Waals surface area contributed by atoms with Crippen LogP contribution in [0.3, 0.4) is 0 Å². The van der Waals surface area contributed by atoms with Gasteiger partial charge in [-0.25, -0.2) is 0 Å². The molecule has 0 aromatic heterocycles. The van der Waals surface area contributed by atoms with Crippen LogP contribution in [0.1, 0.15) is 45.4 Å². The lowest BCUT2D eigenvalue weighted by Gasteiger charge is -2.29. The second-order valence-corrected chi connectivity index (χ2v) is 4.24. The van der Waals surface area contributed by atoms with Crippen molar-refractivity contribution in [1.82, 2.24) is 5.32 Å². The van der Waals surface area contributed by atoms with E-state index in [1.54, 1.807) is 0 Å². The lowest BCUT2D eigenvalue weighted by atomic mass is 9.84. The molecule has 3 nitrogen and oxygen atoms in total. The molecule has 0 heterocycles. The Morgan fingerprint density at radius 1 is 1.50 bits per heavy atom. The second-order valence-electron chi connectivity index (χ2n) is 4.24. The molecule has 82 valence electrons. The molecule has 2 atom stereocenters. The van der Waals surface area contributed by atoms with Crippen molar-refractivity contribution >= 4 is 5.91 Å². The molecule has 1 fully saturated rings. The number of rotatable bonds is 4. The Morgan fingerprint density at radius 3 is 2.93 bits per heavy atom. The van der Waals surface area contributed by atoms with E-state index >= 15 is 0 Å². The van der Waals surface area contributed by atoms with Crippen LogP contribution in [0.4, 0.5) is 0 Å². The van der Waals surface area contributed by atoms with Crippen LogP contribution in [0, 0.1) is 5.92 Å². The molecule has 0 aromatic rings. The largest absolute Gasteiger partial charge is 0.353 e. The fraction of sp³-hybridized carbons (Fsp3) is 0.909. The minimum absolute atomic E-state index is 0.120. The summed E-state index contributed by atoms with van der Waals surface area (Å²) in [5, 5.41) is 3.07. The van der Waals surface area contributed by atoms with E-state index in [0.29, 0.717) is 19.0 Å². The van der Waals surface area contributed by atoms with E-state index in [-0.39, 0.29) is 5.91 Å². The van der Waals surface area contributed by atoms with Crippen LogP contribution in [-0.4, -0.2) is 18.5 Å². The van der Waals surface area contributed by atoms with Crippen LogP contribution in [-0.2, 0) is 4.79 Å². The minimum Gasteiger partial charge on any atom is -0.353 e. The summed E-state index contributed by atoms with van der Waals surface area (Å²) in [6.07, 6.45) is 6.60. The molecule has 0 spiro atoms. The summed E-state index contributed by atoms with van der Waals surface area (Å²) in [5.41, 5.74) is 5.33. The molecule has 3 N–H and O–H groups in total. The highest BCUT2D eigenvalue weighted by Gasteiger charge is 2.21. The third-order valence-electron chi connectivity index (χ3n) is 3.10. The van der Waals surface area contributed by atoms with Gasteiger partial charge in [-0.05, 0) is 18.8 Å². The molecule has 1 saturated carbocycles. The molecule has 0 radical (unpaired) electrons. The summed E-state index contributed by atoms with van der Waals surface area (Å²) in [4.78, 5) is 11.3. The van der Waals surface area contributed by atoms with E-state index < -0.39 is 0 Å². The molecule has 1 aliphatic carbocycles. The molecule has 1 aliphatic rings. The average molecular weight is 198 g/mol. The van der Waals surface area contributed by atoms with Crippen LogP contribution in [0.15, 0.2) is 0 Å². The summed E-state index contributed by atoms with van der Waals surface area (Å²) in [6.45, 7) is 2.69. The molecule has 1 amide bonds. The third-order valence-corrected chi connectivity index (χ3v) is 3.10. The smallest absolute Gasteiger partial charge is 0.221 e. The van der Waals surface area contributed by atoms with Gasteiger partial charge in [-0.2, -0.15) is 0 Å². The molecule has 0 aliphatic heterocycles. The van der Waals surface area contributed by atoms with Crippen molar-refractivity contribution in [2.75, 3.05) is 6.54 Å². The first kappa shape index (κ1) is 11.5. The van der Waals surface area contributed by atoms with E-state index in [1.165, 1.54) is 19.3 Å². The summed E-state index contributed by atoms with van der Waals surface area (Å²) < 4.78 is 0. The van der Waals surface area contributed by atoms with E-state index in [2.05, 4.69) is 12.2 Å². The molecular weight excluding hydrogens is 176 g/mol. The molecule has 0 saturated heterocycles. The quantitative estimate of drug-likeness (QED) is 0.718. The standard InChI is InChI=1S/C11H22N2O/c1-2-9-4-3-5-10(8-9)13-11(14)6-7-12/h9-10H,2-8,12H2,1H3,(H,13,14). The fourth-order valence-corrected chi connectivity index (χ4v) is 2.22. The van der Waals surface area contributed by atoms with Gasteiger partial charge >= 0.3 is 0 Å². The molecule has 0 aromatic carbocycles. The highest BCUT2D eigenvalue weighted by molar-refractivity contribution is 5.76. The molecule has 3 heteroatoms. The molecule has 0 bridgehead atoms. The van der Waals surface area contributed by atoms with Crippen molar-refractivity contribution in [3.05, 3.63) is 0 Å². The molecular formula is C11H22N2O. The number of carbonyl (C=O) groups is 1. The zero-order chi connectivity index (χ0) is 10.4. The van der Waals surface area contributed by atoms with Crippen molar-refractivity contribution in [3.8, 4) is 0 Å². The number of amides is 1. The number of nitrogens with two attached hydrogens (primary N) is 1. The first-order valence-corrected chi connectivity index (χ1v) is 5.75. The zero-order valence-electron chi connectivity index (χ0n) is 9.09. The Balaban J connectivity index is 2.26. The van der Waals surface area contributed by atoms with Crippen molar-refractivity contribution in [1.29, 1.82) is 0 Å². The first-order valence-electron chi connectivity index (χ1n) is 5.75. The maximum atomic E-state index is 11.3. The third kappa shape index (κ3) is 3.66. The highest BCUT2D eigenvalue weighted by Crippen LogP contribution is 2.26. The zero-order valence-corrected chi connectivity index (χ0v) is 9.09. The number of nitrogens with one attached hydrogen (secondary N) is 1. The van der Waals surface area contributed by atoms with E-state index in [9.17, 15) is 4.79 Å². The number of hydrogen-bond donors (Lipinski definition) is 2. The molecule has 14 heavy (non-hydrogen) atoms. The second kappa shape index (κ2) is 6.02. The SMILES string of the molecule is CCC1CCCC(NC(=O)CCN)C1. The first-order chi connectivity index (χ1) is 6.76. The van der Waals surface area contributed by atoms with E-state index in [1.807, 2.05) is 0 Å². The fourth-order valence-electron chi connectivity index (χ4n) is 2.22. The van der Waals surface area contributed by atoms with Gasteiger partial charge in [-0.3, -0.25) is 4.79 Å². The number of hydrogen-bond acceptors (Lipinski definition) is 2. The van der Waals surface area contributed by atoms with Gasteiger partial charge in [0.25, 0.3) is 0 Å². The Hall–Kier alpha value is -0.570. The van der Waals surface area contributed by atoms with Gasteiger partial charge < -0.3 is 11.1 Å². The van der Waals surface area contributed by atoms with Crippen LogP contribution in [0.5, 0.6) is 0 Å². The van der Waals surface area contributed by atoms with Crippen molar-refractivity contribution in [2.45, 2.75) is 51.5 Å². The average Bonchev–Trinajstić information content (AvgIpc) is 2.18. The monoisotopic (exact) mass is 198 g/mol. The normalized spacial score (nSPS) is 27.3. The van der Waals surface area contributed by atoms with Crippen LogP contribution < -0.4 is 11.1 Å². The van der Waals surface area contributed by atoms with E-state index in [4.69, 9.17) is 5.73 Å². The predicted molar refractivity (Wildman–Crippen MR) is 57.9 cm³/mol. The summed E-state index contributed by atoms with van der Waals surface area (Å²) in [6, 6.07) is 0.410. The Kier molecular flexibility index (Phi) is 4.94. The Labute approximate surface area is 86.4 Å². The summed E-state index contributed by atoms with van der Waals surface area (Å²) >= 11 is 0. The van der Waals surface area contributed by atoms with Crippen LogP contribution in [0.25, 0.3) is 0 Å². The summed E-state index contributed by atoms with van der Waals surface area (Å²) in [7, 11) is 0. The van der Waals surface area contributed by atoms with E-state index in [0.717, 1.165) is 18.8 Å². The van der Waals surface area contributed by atoms with Gasteiger partial charge in [0.1, 0.15) is 0 Å². The van der Waals surface area contributed by atoms with Gasteiger partial charge in [-0.15, -0.1) is 0 Å². The molecule has 2 unspecified atom stereocenters. The topological polar surface area (TPSA) is 55.1 Å².